The molecule has 0 radical (unpaired) electrons. The maximum atomic E-state index is 12.1. The van der Waals surface area contributed by atoms with E-state index >= 15 is 0 Å². The molecule has 0 bridgehead atoms. The van der Waals surface area contributed by atoms with Crippen molar-refractivity contribution >= 4 is 17.6 Å². The van der Waals surface area contributed by atoms with E-state index in [0.29, 0.717) is 30.2 Å². The van der Waals surface area contributed by atoms with E-state index in [-0.39, 0.29) is 18.0 Å². The van der Waals surface area contributed by atoms with E-state index in [2.05, 4.69) is 10.1 Å². The van der Waals surface area contributed by atoms with Crippen LogP contribution in [0.25, 0.3) is 0 Å². The Morgan fingerprint density at radius 3 is 2.90 bits per heavy atom. The average Bonchev–Trinajstić information content (AvgIpc) is 2.87. The van der Waals surface area contributed by atoms with E-state index in [4.69, 9.17) is 9.63 Å². The van der Waals surface area contributed by atoms with Gasteiger partial charge in [-0.2, -0.15) is 4.98 Å². The standard InChI is InChI=1S/C14H13N3O4/c1-8-15-12(16-21-8)7-17-11-4-2-10(14(19)20)6-9(11)3-5-13(17)18/h2,4,6H,3,5,7H2,1H3,(H,19,20). The van der Waals surface area contributed by atoms with Crippen LogP contribution >= 0.6 is 0 Å². The lowest BCUT2D eigenvalue weighted by Gasteiger charge is -2.28. The highest BCUT2D eigenvalue weighted by Crippen LogP contribution is 2.29. The molecule has 1 amide bonds. The molecule has 0 saturated carbocycles. The lowest BCUT2D eigenvalue weighted by atomic mass is 9.98. The van der Waals surface area contributed by atoms with Crippen LogP contribution in [0.2, 0.25) is 0 Å². The second-order valence-corrected chi connectivity index (χ2v) is 4.86. The van der Waals surface area contributed by atoms with Crippen molar-refractivity contribution in [2.24, 2.45) is 0 Å². The number of hydrogen-bond donors (Lipinski definition) is 1. The van der Waals surface area contributed by atoms with Gasteiger partial charge in [-0.25, -0.2) is 4.79 Å². The first kappa shape index (κ1) is 13.3. The first-order valence-corrected chi connectivity index (χ1v) is 6.50. The lowest BCUT2D eigenvalue weighted by molar-refractivity contribution is -0.119. The fourth-order valence-corrected chi connectivity index (χ4v) is 2.41. The summed E-state index contributed by atoms with van der Waals surface area (Å²) in [4.78, 5) is 28.8. The van der Waals surface area contributed by atoms with Crippen molar-refractivity contribution in [2.45, 2.75) is 26.3 Å². The van der Waals surface area contributed by atoms with Gasteiger partial charge in [-0.3, -0.25) is 4.79 Å². The number of nitrogens with zero attached hydrogens (tertiary/aromatic N) is 3. The van der Waals surface area contributed by atoms with Crippen molar-refractivity contribution in [2.75, 3.05) is 4.90 Å². The van der Waals surface area contributed by atoms with Crippen LogP contribution in [-0.2, 0) is 17.8 Å². The summed E-state index contributed by atoms with van der Waals surface area (Å²) >= 11 is 0. The summed E-state index contributed by atoms with van der Waals surface area (Å²) in [5, 5.41) is 12.8. The fraction of sp³-hybridized carbons (Fsp3) is 0.286. The Balaban J connectivity index is 1.95. The number of hydrogen-bond acceptors (Lipinski definition) is 5. The zero-order valence-electron chi connectivity index (χ0n) is 11.4. The van der Waals surface area contributed by atoms with Crippen LogP contribution in [-0.4, -0.2) is 27.1 Å². The minimum Gasteiger partial charge on any atom is -0.478 e. The number of carbonyl (C=O) groups excluding carboxylic acids is 1. The molecule has 7 nitrogen and oxygen atoms in total. The molecule has 1 aromatic heterocycles. The van der Waals surface area contributed by atoms with Gasteiger partial charge in [0.1, 0.15) is 0 Å². The number of amides is 1. The minimum atomic E-state index is -0.977. The van der Waals surface area contributed by atoms with E-state index < -0.39 is 5.97 Å². The van der Waals surface area contributed by atoms with Crippen LogP contribution in [0.15, 0.2) is 22.7 Å². The summed E-state index contributed by atoms with van der Waals surface area (Å²) in [6.07, 6.45) is 0.879. The highest BCUT2D eigenvalue weighted by atomic mass is 16.5. The molecule has 0 unspecified atom stereocenters. The van der Waals surface area contributed by atoms with Crippen LogP contribution in [0.4, 0.5) is 5.69 Å². The Bertz CT molecular complexity index is 723. The number of rotatable bonds is 3. The van der Waals surface area contributed by atoms with Gasteiger partial charge in [-0.1, -0.05) is 5.16 Å². The number of aryl methyl sites for hydroxylation is 2. The van der Waals surface area contributed by atoms with E-state index in [1.807, 2.05) is 0 Å². The molecule has 0 aliphatic carbocycles. The number of benzene rings is 1. The first-order valence-electron chi connectivity index (χ1n) is 6.50. The van der Waals surface area contributed by atoms with Crippen molar-refractivity contribution in [3.63, 3.8) is 0 Å². The van der Waals surface area contributed by atoms with Gasteiger partial charge in [0.05, 0.1) is 12.1 Å². The molecule has 108 valence electrons. The number of aromatic carboxylic acids is 1. The summed E-state index contributed by atoms with van der Waals surface area (Å²) in [5.41, 5.74) is 1.77. The maximum absolute atomic E-state index is 12.1. The molecule has 1 N–H and O–H groups in total. The zero-order chi connectivity index (χ0) is 15.0. The normalized spacial score (nSPS) is 14.1. The first-order chi connectivity index (χ1) is 10.0. The Kier molecular flexibility index (Phi) is 3.17. The minimum absolute atomic E-state index is 0.0342. The van der Waals surface area contributed by atoms with Crippen molar-refractivity contribution in [3.8, 4) is 0 Å². The van der Waals surface area contributed by atoms with Crippen molar-refractivity contribution in [3.05, 3.63) is 41.0 Å². The Hall–Kier alpha value is -2.70. The second-order valence-electron chi connectivity index (χ2n) is 4.86. The Morgan fingerprint density at radius 1 is 1.43 bits per heavy atom. The zero-order valence-corrected chi connectivity index (χ0v) is 11.4. The maximum Gasteiger partial charge on any atom is 0.335 e. The van der Waals surface area contributed by atoms with Crippen LogP contribution in [0, 0.1) is 6.92 Å². The molecule has 1 aromatic carbocycles. The van der Waals surface area contributed by atoms with Crippen molar-refractivity contribution in [1.82, 2.24) is 10.1 Å². The third-order valence-electron chi connectivity index (χ3n) is 3.40. The molecule has 2 heterocycles. The molecule has 7 heteroatoms. The molecule has 0 atom stereocenters. The van der Waals surface area contributed by atoms with Crippen molar-refractivity contribution in [1.29, 1.82) is 0 Å². The fourth-order valence-electron chi connectivity index (χ4n) is 2.41. The predicted octanol–water partition coefficient (Wildman–Crippen LogP) is 1.56. The largest absolute Gasteiger partial charge is 0.478 e. The number of carbonyl (C=O) groups is 2. The van der Waals surface area contributed by atoms with Crippen molar-refractivity contribution < 1.29 is 19.2 Å². The van der Waals surface area contributed by atoms with Gasteiger partial charge < -0.3 is 14.5 Å². The summed E-state index contributed by atoms with van der Waals surface area (Å²) in [6.45, 7) is 1.90. The third kappa shape index (κ3) is 2.49. The Labute approximate surface area is 120 Å². The van der Waals surface area contributed by atoms with E-state index in [0.717, 1.165) is 5.56 Å². The quantitative estimate of drug-likeness (QED) is 0.920. The van der Waals surface area contributed by atoms with Gasteiger partial charge in [0.2, 0.25) is 11.8 Å². The molecule has 0 fully saturated rings. The number of anilines is 1. The summed E-state index contributed by atoms with van der Waals surface area (Å²) in [7, 11) is 0. The third-order valence-corrected chi connectivity index (χ3v) is 3.40. The highest BCUT2D eigenvalue weighted by molar-refractivity contribution is 5.97. The van der Waals surface area contributed by atoms with Crippen LogP contribution < -0.4 is 4.90 Å². The predicted molar refractivity (Wildman–Crippen MR) is 71.9 cm³/mol. The summed E-state index contributed by atoms with van der Waals surface area (Å²) < 4.78 is 4.90. The van der Waals surface area contributed by atoms with Gasteiger partial charge in [0.25, 0.3) is 0 Å². The smallest absolute Gasteiger partial charge is 0.335 e. The van der Waals surface area contributed by atoms with Gasteiger partial charge >= 0.3 is 5.97 Å². The molecular weight excluding hydrogens is 274 g/mol. The summed E-state index contributed by atoms with van der Waals surface area (Å²) in [6, 6.07) is 4.76. The van der Waals surface area contributed by atoms with Crippen LogP contribution in [0.3, 0.4) is 0 Å². The molecule has 2 aromatic rings. The SMILES string of the molecule is Cc1nc(CN2C(=O)CCc3cc(C(=O)O)ccc32)no1. The molecule has 1 aliphatic heterocycles. The molecule has 1 aliphatic rings. The van der Waals surface area contributed by atoms with Gasteiger partial charge in [-0.05, 0) is 30.2 Å². The van der Waals surface area contributed by atoms with Gasteiger partial charge in [-0.15, -0.1) is 0 Å². The molecule has 3 rings (SSSR count). The van der Waals surface area contributed by atoms with E-state index in [1.54, 1.807) is 24.0 Å². The Morgan fingerprint density at radius 2 is 2.24 bits per heavy atom. The average molecular weight is 287 g/mol. The number of fused-ring (bicyclic) bond motifs is 1. The number of carboxylic acids is 1. The highest BCUT2D eigenvalue weighted by Gasteiger charge is 2.26. The number of aromatic nitrogens is 2. The molecule has 21 heavy (non-hydrogen) atoms. The number of carboxylic acid groups (broad SMARTS) is 1. The topological polar surface area (TPSA) is 96.5 Å². The van der Waals surface area contributed by atoms with E-state index in [9.17, 15) is 9.59 Å². The van der Waals surface area contributed by atoms with Gasteiger partial charge in [0.15, 0.2) is 5.82 Å². The van der Waals surface area contributed by atoms with Crippen LogP contribution in [0.1, 0.15) is 34.1 Å². The molecular formula is C14H13N3O4. The summed E-state index contributed by atoms with van der Waals surface area (Å²) in [5.74, 6) is -0.144. The molecule has 0 spiro atoms. The second kappa shape index (κ2) is 5.01. The van der Waals surface area contributed by atoms with Gasteiger partial charge in [0, 0.05) is 19.0 Å². The lowest BCUT2D eigenvalue weighted by Crippen LogP contribution is -2.35. The van der Waals surface area contributed by atoms with Crippen LogP contribution in [0.5, 0.6) is 0 Å². The molecule has 0 saturated heterocycles. The van der Waals surface area contributed by atoms with E-state index in [1.165, 1.54) is 6.07 Å². The monoisotopic (exact) mass is 287 g/mol.